The van der Waals surface area contributed by atoms with Gasteiger partial charge in [-0.1, -0.05) is 12.1 Å². The molecule has 0 spiro atoms. The highest BCUT2D eigenvalue weighted by molar-refractivity contribution is 7.99. The molecule has 2 aliphatic heterocycles. The Bertz CT molecular complexity index is 1040. The summed E-state index contributed by atoms with van der Waals surface area (Å²) in [4.78, 5) is 4.70. The fourth-order valence-electron chi connectivity index (χ4n) is 4.21. The molecule has 168 valence electrons. The maximum atomic E-state index is 14.0. The summed E-state index contributed by atoms with van der Waals surface area (Å²) in [7, 11) is -3.69. The summed E-state index contributed by atoms with van der Waals surface area (Å²) < 4.78 is 55.7. The molecule has 2 saturated heterocycles. The van der Waals surface area contributed by atoms with Crippen molar-refractivity contribution in [1.29, 1.82) is 0 Å². The third-order valence-electron chi connectivity index (χ3n) is 6.00. The van der Waals surface area contributed by atoms with Gasteiger partial charge in [-0.15, -0.1) is 0 Å². The van der Waals surface area contributed by atoms with Crippen LogP contribution < -0.4 is 5.32 Å². The van der Waals surface area contributed by atoms with Crippen molar-refractivity contribution in [2.45, 2.75) is 43.5 Å². The fourth-order valence-corrected chi connectivity index (χ4v) is 6.92. The minimum atomic E-state index is -3.69. The Labute approximate surface area is 186 Å². The molecular weight excluding hydrogens is 440 g/mol. The van der Waals surface area contributed by atoms with Crippen molar-refractivity contribution in [3.8, 4) is 0 Å². The summed E-state index contributed by atoms with van der Waals surface area (Å²) in [5, 5.41) is 3.33. The lowest BCUT2D eigenvalue weighted by Crippen LogP contribution is -2.39. The van der Waals surface area contributed by atoms with E-state index in [1.54, 1.807) is 18.2 Å². The number of piperidine rings is 1. The average molecular weight is 468 g/mol. The van der Waals surface area contributed by atoms with Crippen LogP contribution in [0.1, 0.15) is 30.5 Å². The highest BCUT2D eigenvalue weighted by Crippen LogP contribution is 2.31. The van der Waals surface area contributed by atoms with Crippen molar-refractivity contribution in [2.75, 3.05) is 29.9 Å². The molecule has 1 unspecified atom stereocenters. The van der Waals surface area contributed by atoms with Gasteiger partial charge in [0.2, 0.25) is 10.0 Å². The largest absolute Gasteiger partial charge is 0.365 e. The summed E-state index contributed by atoms with van der Waals surface area (Å²) in [5.41, 5.74) is 1.12. The molecule has 0 saturated carbocycles. The van der Waals surface area contributed by atoms with E-state index in [1.807, 2.05) is 18.7 Å². The Kier molecular flexibility index (Phi) is 6.83. The molecule has 0 bridgehead atoms. The molecule has 2 aliphatic rings. The van der Waals surface area contributed by atoms with Crippen LogP contribution in [-0.4, -0.2) is 48.3 Å². The van der Waals surface area contributed by atoms with Gasteiger partial charge in [0.1, 0.15) is 10.7 Å². The van der Waals surface area contributed by atoms with Crippen LogP contribution in [0.2, 0.25) is 0 Å². The number of benzene rings is 1. The van der Waals surface area contributed by atoms with Crippen LogP contribution in [0, 0.1) is 24.5 Å². The lowest BCUT2D eigenvalue weighted by atomic mass is 9.91. The zero-order valence-electron chi connectivity index (χ0n) is 17.5. The van der Waals surface area contributed by atoms with E-state index in [4.69, 9.17) is 0 Å². The van der Waals surface area contributed by atoms with Gasteiger partial charge in [-0.25, -0.2) is 22.2 Å². The van der Waals surface area contributed by atoms with E-state index in [9.17, 15) is 17.2 Å². The Morgan fingerprint density at radius 1 is 1.16 bits per heavy atom. The summed E-state index contributed by atoms with van der Waals surface area (Å²) in [6.45, 7) is 2.56. The highest BCUT2D eigenvalue weighted by Gasteiger charge is 2.32. The molecule has 0 aliphatic carbocycles. The van der Waals surface area contributed by atoms with Crippen molar-refractivity contribution in [3.63, 3.8) is 0 Å². The third-order valence-corrected chi connectivity index (χ3v) is 9.09. The van der Waals surface area contributed by atoms with Crippen LogP contribution in [0.3, 0.4) is 0 Å². The molecule has 3 heterocycles. The second-order valence-electron chi connectivity index (χ2n) is 8.27. The van der Waals surface area contributed by atoms with Gasteiger partial charge in [-0.3, -0.25) is 0 Å². The lowest BCUT2D eigenvalue weighted by molar-refractivity contribution is 0.271. The van der Waals surface area contributed by atoms with E-state index in [2.05, 4.69) is 10.3 Å². The van der Waals surface area contributed by atoms with Crippen LogP contribution >= 0.6 is 11.8 Å². The van der Waals surface area contributed by atoms with Crippen molar-refractivity contribution in [1.82, 2.24) is 9.29 Å². The molecule has 2 fully saturated rings. The predicted octanol–water partition coefficient (Wildman–Crippen LogP) is 4.23. The molecule has 0 amide bonds. The zero-order chi connectivity index (χ0) is 22.0. The molecule has 2 aromatic rings. The number of hydrogen-bond acceptors (Lipinski definition) is 5. The van der Waals surface area contributed by atoms with E-state index in [0.29, 0.717) is 43.7 Å². The second-order valence-corrected chi connectivity index (χ2v) is 11.3. The number of nitrogens with zero attached hydrogens (tertiary/aromatic N) is 2. The Morgan fingerprint density at radius 3 is 2.65 bits per heavy atom. The van der Waals surface area contributed by atoms with Crippen molar-refractivity contribution < 1.29 is 17.2 Å². The highest BCUT2D eigenvalue weighted by atomic mass is 32.2. The molecule has 4 rings (SSSR count). The van der Waals surface area contributed by atoms with Crippen LogP contribution in [0.25, 0.3) is 0 Å². The normalized spacial score (nSPS) is 20.8. The Balaban J connectivity index is 1.46. The number of halogens is 2. The average Bonchev–Trinajstić information content (AvgIpc) is 3.25. The number of nitrogens with one attached hydrogen (secondary N) is 1. The van der Waals surface area contributed by atoms with Crippen molar-refractivity contribution in [2.24, 2.45) is 5.92 Å². The van der Waals surface area contributed by atoms with Gasteiger partial charge in [0, 0.05) is 30.6 Å². The minimum Gasteiger partial charge on any atom is -0.365 e. The van der Waals surface area contributed by atoms with Crippen LogP contribution in [0.5, 0.6) is 0 Å². The van der Waals surface area contributed by atoms with E-state index >= 15 is 0 Å². The van der Waals surface area contributed by atoms with Crippen LogP contribution in [0.4, 0.5) is 14.6 Å². The van der Waals surface area contributed by atoms with E-state index < -0.39 is 21.7 Å². The SMILES string of the molecule is Cc1ccc(S(=O)(=O)N2CCC(Cc3cccc(F)c3F)CC2)c(NC2CCSC2)n1. The quantitative estimate of drug-likeness (QED) is 0.689. The number of sulfonamides is 1. The van der Waals surface area contributed by atoms with Crippen molar-refractivity contribution in [3.05, 3.63) is 53.2 Å². The van der Waals surface area contributed by atoms with Gasteiger partial charge >= 0.3 is 0 Å². The number of thioether (sulfide) groups is 1. The van der Waals surface area contributed by atoms with Gasteiger partial charge in [0.25, 0.3) is 0 Å². The first-order valence-corrected chi connectivity index (χ1v) is 13.2. The maximum Gasteiger partial charge on any atom is 0.246 e. The minimum absolute atomic E-state index is 0.118. The number of aromatic nitrogens is 1. The topological polar surface area (TPSA) is 62.3 Å². The predicted molar refractivity (Wildman–Crippen MR) is 120 cm³/mol. The molecule has 31 heavy (non-hydrogen) atoms. The first-order valence-electron chi connectivity index (χ1n) is 10.6. The Hall–Kier alpha value is -1.71. The third kappa shape index (κ3) is 5.04. The van der Waals surface area contributed by atoms with Gasteiger partial charge in [0.05, 0.1) is 0 Å². The number of rotatable bonds is 6. The molecular formula is C22H27F2N3O2S2. The number of aryl methyl sites for hydroxylation is 1. The van der Waals surface area contributed by atoms with E-state index in [-0.39, 0.29) is 16.9 Å². The zero-order valence-corrected chi connectivity index (χ0v) is 19.1. The summed E-state index contributed by atoms with van der Waals surface area (Å²) in [5.74, 6) is 0.903. The molecule has 0 radical (unpaired) electrons. The summed E-state index contributed by atoms with van der Waals surface area (Å²) in [6, 6.07) is 7.80. The van der Waals surface area contributed by atoms with Gasteiger partial charge < -0.3 is 5.32 Å². The Morgan fingerprint density at radius 2 is 1.94 bits per heavy atom. The smallest absolute Gasteiger partial charge is 0.246 e. The van der Waals surface area contributed by atoms with Crippen LogP contribution in [-0.2, 0) is 16.4 Å². The summed E-state index contributed by atoms with van der Waals surface area (Å²) in [6.07, 6.45) is 2.62. The second kappa shape index (κ2) is 9.42. The monoisotopic (exact) mass is 467 g/mol. The van der Waals surface area contributed by atoms with Gasteiger partial charge in [-0.05, 0) is 68.0 Å². The summed E-state index contributed by atoms with van der Waals surface area (Å²) >= 11 is 1.85. The first kappa shape index (κ1) is 22.5. The van der Waals surface area contributed by atoms with Crippen molar-refractivity contribution >= 4 is 27.6 Å². The molecule has 1 atom stereocenters. The number of anilines is 1. The molecule has 9 heteroatoms. The fraction of sp³-hybridized carbons (Fsp3) is 0.500. The molecule has 1 aromatic carbocycles. The number of hydrogen-bond donors (Lipinski definition) is 1. The van der Waals surface area contributed by atoms with E-state index in [0.717, 1.165) is 29.7 Å². The van der Waals surface area contributed by atoms with E-state index in [1.165, 1.54) is 10.4 Å². The van der Waals surface area contributed by atoms with Gasteiger partial charge in [0.15, 0.2) is 11.6 Å². The molecule has 5 nitrogen and oxygen atoms in total. The molecule has 1 N–H and O–H groups in total. The van der Waals surface area contributed by atoms with Gasteiger partial charge in [-0.2, -0.15) is 16.1 Å². The van der Waals surface area contributed by atoms with Crippen LogP contribution in [0.15, 0.2) is 35.2 Å². The molecule has 1 aromatic heterocycles. The standard InChI is InChI=1S/C22H27F2N3O2S2/c1-15-5-6-20(22(25-15)26-18-9-12-30-14-18)31(28,29)27-10-7-16(8-11-27)13-17-3-2-4-19(23)21(17)24/h2-6,16,18H,7-14H2,1H3,(H,25,26). The first-order chi connectivity index (χ1) is 14.8. The maximum absolute atomic E-state index is 14.0. The lowest BCUT2D eigenvalue weighted by Gasteiger charge is -2.32. The number of pyridine rings is 1.